The van der Waals surface area contributed by atoms with Crippen LogP contribution in [-0.4, -0.2) is 26.1 Å². The van der Waals surface area contributed by atoms with E-state index in [0.29, 0.717) is 24.3 Å². The van der Waals surface area contributed by atoms with E-state index < -0.39 is 11.4 Å². The molecule has 1 aromatic carbocycles. The number of rotatable bonds is 4. The highest BCUT2D eigenvalue weighted by Crippen LogP contribution is 2.48. The van der Waals surface area contributed by atoms with Gasteiger partial charge in [0.25, 0.3) is 0 Å². The van der Waals surface area contributed by atoms with Crippen molar-refractivity contribution in [3.05, 3.63) is 23.8 Å². The minimum absolute atomic E-state index is 0.330. The van der Waals surface area contributed by atoms with E-state index in [-0.39, 0.29) is 5.91 Å². The largest absolute Gasteiger partial charge is 0.495 e. The molecular formula is C14H17NO4. The van der Waals surface area contributed by atoms with Crippen LogP contribution in [-0.2, 0) is 14.3 Å². The number of benzene rings is 1. The van der Waals surface area contributed by atoms with Crippen molar-refractivity contribution in [2.24, 2.45) is 5.41 Å². The Labute approximate surface area is 111 Å². The second kappa shape index (κ2) is 4.91. The Balaban J connectivity index is 2.20. The highest BCUT2D eigenvalue weighted by molar-refractivity contribution is 6.11. The number of amides is 1. The van der Waals surface area contributed by atoms with Gasteiger partial charge in [0.05, 0.1) is 19.9 Å². The summed E-state index contributed by atoms with van der Waals surface area (Å²) in [5.74, 6) is -0.237. The summed E-state index contributed by atoms with van der Waals surface area (Å²) in [6.45, 7) is 1.92. The van der Waals surface area contributed by atoms with E-state index in [4.69, 9.17) is 4.74 Å². The first-order valence-corrected chi connectivity index (χ1v) is 6.08. The summed E-state index contributed by atoms with van der Waals surface area (Å²) in [5, 5.41) is 2.76. The number of carbonyl (C=O) groups is 2. The fourth-order valence-electron chi connectivity index (χ4n) is 2.01. The van der Waals surface area contributed by atoms with Gasteiger partial charge in [-0.2, -0.15) is 0 Å². The first-order valence-electron chi connectivity index (χ1n) is 6.08. The van der Waals surface area contributed by atoms with Gasteiger partial charge in [-0.25, -0.2) is 0 Å². The molecule has 5 heteroatoms. The first-order chi connectivity index (χ1) is 9.03. The second-order valence-corrected chi connectivity index (χ2v) is 4.73. The van der Waals surface area contributed by atoms with E-state index in [0.717, 1.165) is 5.56 Å². The van der Waals surface area contributed by atoms with E-state index in [1.165, 1.54) is 14.2 Å². The molecule has 1 aliphatic rings. The maximum absolute atomic E-state index is 12.2. The van der Waals surface area contributed by atoms with Crippen molar-refractivity contribution in [2.45, 2.75) is 19.8 Å². The summed E-state index contributed by atoms with van der Waals surface area (Å²) in [4.78, 5) is 23.8. The summed E-state index contributed by atoms with van der Waals surface area (Å²) in [6.07, 6.45) is 1.05. The molecule has 0 bridgehead atoms. The highest BCUT2D eigenvalue weighted by Gasteiger charge is 2.57. The van der Waals surface area contributed by atoms with Crippen molar-refractivity contribution in [3.63, 3.8) is 0 Å². The van der Waals surface area contributed by atoms with Gasteiger partial charge in [0.15, 0.2) is 0 Å². The minimum Gasteiger partial charge on any atom is -0.495 e. The predicted molar refractivity (Wildman–Crippen MR) is 70.0 cm³/mol. The van der Waals surface area contributed by atoms with Crippen LogP contribution in [0.1, 0.15) is 18.4 Å². The number of hydrogen-bond donors (Lipinski definition) is 1. The van der Waals surface area contributed by atoms with Gasteiger partial charge in [0.1, 0.15) is 11.2 Å². The van der Waals surface area contributed by atoms with Gasteiger partial charge in [0, 0.05) is 0 Å². The summed E-state index contributed by atoms with van der Waals surface area (Å²) in [6, 6.07) is 5.48. The average molecular weight is 263 g/mol. The Morgan fingerprint density at radius 2 is 1.95 bits per heavy atom. The van der Waals surface area contributed by atoms with Crippen molar-refractivity contribution in [2.75, 3.05) is 19.5 Å². The lowest BCUT2D eigenvalue weighted by Crippen LogP contribution is -2.32. The Morgan fingerprint density at radius 1 is 1.26 bits per heavy atom. The number of anilines is 1. The lowest BCUT2D eigenvalue weighted by atomic mass is 10.1. The SMILES string of the molecule is COC(=O)C1(C(=O)Nc2cc(C)ccc2OC)CC1. The molecule has 0 radical (unpaired) electrons. The van der Waals surface area contributed by atoms with Crippen molar-refractivity contribution >= 4 is 17.6 Å². The van der Waals surface area contributed by atoms with Gasteiger partial charge in [-0.3, -0.25) is 9.59 Å². The Morgan fingerprint density at radius 3 is 2.47 bits per heavy atom. The first kappa shape index (κ1) is 13.4. The van der Waals surface area contributed by atoms with Crippen molar-refractivity contribution in [1.29, 1.82) is 0 Å². The van der Waals surface area contributed by atoms with Crippen LogP contribution in [0, 0.1) is 12.3 Å². The van der Waals surface area contributed by atoms with Crippen LogP contribution in [0.4, 0.5) is 5.69 Å². The van der Waals surface area contributed by atoms with Gasteiger partial charge >= 0.3 is 5.97 Å². The van der Waals surface area contributed by atoms with Crippen LogP contribution < -0.4 is 10.1 Å². The number of carbonyl (C=O) groups excluding carboxylic acids is 2. The van der Waals surface area contributed by atoms with E-state index in [9.17, 15) is 9.59 Å². The normalized spacial score (nSPS) is 15.5. The number of aryl methyl sites for hydroxylation is 1. The standard InChI is InChI=1S/C14H17NO4/c1-9-4-5-11(18-2)10(8-9)15-12(16)14(6-7-14)13(17)19-3/h4-5,8H,6-7H2,1-3H3,(H,15,16). The zero-order valence-electron chi connectivity index (χ0n) is 11.3. The predicted octanol–water partition coefficient (Wildman–Crippen LogP) is 1.90. The Kier molecular flexibility index (Phi) is 3.46. The molecule has 1 aliphatic carbocycles. The summed E-state index contributed by atoms with van der Waals surface area (Å²) >= 11 is 0. The van der Waals surface area contributed by atoms with Gasteiger partial charge < -0.3 is 14.8 Å². The fourth-order valence-corrected chi connectivity index (χ4v) is 2.01. The second-order valence-electron chi connectivity index (χ2n) is 4.73. The number of ether oxygens (including phenoxy) is 2. The Hall–Kier alpha value is -2.04. The van der Waals surface area contributed by atoms with Gasteiger partial charge in [-0.05, 0) is 37.5 Å². The quantitative estimate of drug-likeness (QED) is 0.665. The van der Waals surface area contributed by atoms with Crippen LogP contribution in [0.2, 0.25) is 0 Å². The molecule has 0 unspecified atom stereocenters. The molecule has 0 spiro atoms. The van der Waals surface area contributed by atoms with Crippen LogP contribution in [0.5, 0.6) is 5.75 Å². The third-order valence-electron chi connectivity index (χ3n) is 3.36. The molecule has 0 saturated heterocycles. The van der Waals surface area contributed by atoms with Gasteiger partial charge in [-0.15, -0.1) is 0 Å². The number of nitrogens with one attached hydrogen (secondary N) is 1. The van der Waals surface area contributed by atoms with Crippen molar-refractivity contribution in [1.82, 2.24) is 0 Å². The van der Waals surface area contributed by atoms with Crippen molar-refractivity contribution in [3.8, 4) is 5.75 Å². The third kappa shape index (κ3) is 2.41. The molecule has 0 heterocycles. The molecule has 1 N–H and O–H groups in total. The molecule has 19 heavy (non-hydrogen) atoms. The average Bonchev–Trinajstić information content (AvgIpc) is 3.19. The third-order valence-corrected chi connectivity index (χ3v) is 3.36. The van der Waals surface area contributed by atoms with E-state index in [1.807, 2.05) is 19.1 Å². The summed E-state index contributed by atoms with van der Waals surface area (Å²) < 4.78 is 9.88. The zero-order chi connectivity index (χ0) is 14.0. The molecule has 1 aromatic rings. The molecule has 1 amide bonds. The lowest BCUT2D eigenvalue weighted by molar-refractivity contribution is -0.150. The number of methoxy groups -OCH3 is 2. The van der Waals surface area contributed by atoms with Crippen LogP contribution in [0.15, 0.2) is 18.2 Å². The molecular weight excluding hydrogens is 246 g/mol. The Bertz CT molecular complexity index is 520. The van der Waals surface area contributed by atoms with Crippen LogP contribution in [0.25, 0.3) is 0 Å². The van der Waals surface area contributed by atoms with E-state index in [2.05, 4.69) is 10.1 Å². The van der Waals surface area contributed by atoms with E-state index >= 15 is 0 Å². The molecule has 5 nitrogen and oxygen atoms in total. The highest BCUT2D eigenvalue weighted by atomic mass is 16.5. The van der Waals surface area contributed by atoms with Gasteiger partial charge in [0.2, 0.25) is 5.91 Å². The van der Waals surface area contributed by atoms with Gasteiger partial charge in [-0.1, -0.05) is 6.07 Å². The molecule has 1 saturated carbocycles. The molecule has 2 rings (SSSR count). The zero-order valence-corrected chi connectivity index (χ0v) is 11.3. The topological polar surface area (TPSA) is 64.6 Å². The maximum atomic E-state index is 12.2. The van der Waals surface area contributed by atoms with Crippen LogP contribution >= 0.6 is 0 Å². The summed E-state index contributed by atoms with van der Waals surface area (Å²) in [7, 11) is 2.83. The summed E-state index contributed by atoms with van der Waals surface area (Å²) in [5.41, 5.74) is 0.561. The maximum Gasteiger partial charge on any atom is 0.321 e. The lowest BCUT2D eigenvalue weighted by Gasteiger charge is -2.15. The number of hydrogen-bond acceptors (Lipinski definition) is 4. The van der Waals surface area contributed by atoms with E-state index in [1.54, 1.807) is 6.07 Å². The van der Waals surface area contributed by atoms with Crippen LogP contribution in [0.3, 0.4) is 0 Å². The smallest absolute Gasteiger partial charge is 0.321 e. The minimum atomic E-state index is -1.01. The number of esters is 1. The monoisotopic (exact) mass is 263 g/mol. The van der Waals surface area contributed by atoms with Crippen molar-refractivity contribution < 1.29 is 19.1 Å². The molecule has 102 valence electrons. The molecule has 0 aliphatic heterocycles. The fraction of sp³-hybridized carbons (Fsp3) is 0.429. The molecule has 1 fully saturated rings. The molecule has 0 atom stereocenters. The molecule has 0 aromatic heterocycles.